The summed E-state index contributed by atoms with van der Waals surface area (Å²) < 4.78 is 0. The smallest absolute Gasteiger partial charge is 0.312 e. The lowest BCUT2D eigenvalue weighted by Crippen LogP contribution is -2.34. The molecule has 1 aromatic heterocycles. The molecule has 17 heavy (non-hydrogen) atoms. The molecule has 0 atom stereocenters. The topological polar surface area (TPSA) is 70.5 Å². The van der Waals surface area contributed by atoms with Gasteiger partial charge in [0.05, 0.1) is 12.2 Å². The number of carboxylic acids is 1. The van der Waals surface area contributed by atoms with Gasteiger partial charge in [-0.05, 0) is 25.0 Å². The fraction of sp³-hybridized carbons (Fsp3) is 0.417. The number of carboxylic acid groups (broad SMARTS) is 1. The van der Waals surface area contributed by atoms with Gasteiger partial charge in [0.1, 0.15) is 6.42 Å². The highest BCUT2D eigenvalue weighted by Gasteiger charge is 2.33. The monoisotopic (exact) mass is 234 g/mol. The third-order valence-electron chi connectivity index (χ3n) is 2.67. The molecule has 1 N–H and O–H groups in total. The van der Waals surface area contributed by atoms with Crippen molar-refractivity contribution in [2.24, 2.45) is 0 Å². The Morgan fingerprint density at radius 2 is 2.18 bits per heavy atom. The van der Waals surface area contributed by atoms with Crippen LogP contribution in [-0.2, 0) is 16.1 Å². The van der Waals surface area contributed by atoms with Gasteiger partial charge < -0.3 is 10.0 Å². The van der Waals surface area contributed by atoms with E-state index in [4.69, 9.17) is 5.11 Å². The average molecular weight is 234 g/mol. The minimum Gasteiger partial charge on any atom is -0.481 e. The van der Waals surface area contributed by atoms with Crippen molar-refractivity contribution in [3.8, 4) is 0 Å². The van der Waals surface area contributed by atoms with Gasteiger partial charge in [-0.3, -0.25) is 14.6 Å². The van der Waals surface area contributed by atoms with Gasteiger partial charge in [-0.1, -0.05) is 6.07 Å². The van der Waals surface area contributed by atoms with Crippen molar-refractivity contribution >= 4 is 11.9 Å². The molecular formula is C12H14N2O3. The maximum atomic E-state index is 11.8. The number of hydrogen-bond donors (Lipinski definition) is 1. The van der Waals surface area contributed by atoms with Gasteiger partial charge in [0.15, 0.2) is 0 Å². The average Bonchev–Trinajstić information content (AvgIpc) is 3.10. The second-order valence-corrected chi connectivity index (χ2v) is 4.14. The lowest BCUT2D eigenvalue weighted by Gasteiger charge is -2.21. The molecule has 5 nitrogen and oxygen atoms in total. The molecule has 0 saturated heterocycles. The second kappa shape index (κ2) is 4.95. The minimum atomic E-state index is -1.08. The Bertz CT molecular complexity index is 415. The number of carbonyl (C=O) groups is 2. The first-order valence-electron chi connectivity index (χ1n) is 5.58. The van der Waals surface area contributed by atoms with Crippen molar-refractivity contribution in [2.45, 2.75) is 31.8 Å². The summed E-state index contributed by atoms with van der Waals surface area (Å²) in [4.78, 5) is 28.1. The van der Waals surface area contributed by atoms with Crippen LogP contribution in [0.2, 0.25) is 0 Å². The Hall–Kier alpha value is -1.91. The Kier molecular flexibility index (Phi) is 3.37. The zero-order chi connectivity index (χ0) is 12.3. The summed E-state index contributed by atoms with van der Waals surface area (Å²) in [6, 6.07) is 5.70. The number of rotatable bonds is 5. The van der Waals surface area contributed by atoms with Crippen LogP contribution < -0.4 is 0 Å². The van der Waals surface area contributed by atoms with Crippen molar-refractivity contribution in [2.75, 3.05) is 0 Å². The predicted molar refractivity (Wildman–Crippen MR) is 60.1 cm³/mol. The van der Waals surface area contributed by atoms with Crippen LogP contribution in [0.5, 0.6) is 0 Å². The van der Waals surface area contributed by atoms with Crippen LogP contribution >= 0.6 is 0 Å². The zero-order valence-electron chi connectivity index (χ0n) is 9.37. The molecule has 2 rings (SSSR count). The van der Waals surface area contributed by atoms with Crippen LogP contribution in [0, 0.1) is 0 Å². The molecule has 0 aromatic carbocycles. The van der Waals surface area contributed by atoms with E-state index in [1.165, 1.54) is 0 Å². The van der Waals surface area contributed by atoms with Gasteiger partial charge in [-0.25, -0.2) is 0 Å². The largest absolute Gasteiger partial charge is 0.481 e. The lowest BCUT2D eigenvalue weighted by molar-refractivity contribution is -0.144. The van der Waals surface area contributed by atoms with Crippen molar-refractivity contribution in [3.63, 3.8) is 0 Å². The van der Waals surface area contributed by atoms with Crippen LogP contribution in [0.1, 0.15) is 25.0 Å². The van der Waals surface area contributed by atoms with Crippen LogP contribution in [0.15, 0.2) is 24.4 Å². The fourth-order valence-electron chi connectivity index (χ4n) is 1.70. The number of hydrogen-bond acceptors (Lipinski definition) is 3. The van der Waals surface area contributed by atoms with E-state index in [2.05, 4.69) is 4.98 Å². The fourth-order valence-corrected chi connectivity index (χ4v) is 1.70. The van der Waals surface area contributed by atoms with E-state index in [9.17, 15) is 9.59 Å². The highest BCUT2D eigenvalue weighted by atomic mass is 16.4. The summed E-state index contributed by atoms with van der Waals surface area (Å²) in [5, 5.41) is 8.64. The van der Waals surface area contributed by atoms with E-state index >= 15 is 0 Å². The molecule has 5 heteroatoms. The number of aromatic nitrogens is 1. The molecule has 1 saturated carbocycles. The summed E-state index contributed by atoms with van der Waals surface area (Å²) >= 11 is 0. The molecule has 1 amide bonds. The standard InChI is InChI=1S/C12H14N2O3/c15-11(7-12(16)17)14(10-4-5-10)8-9-3-1-2-6-13-9/h1-3,6,10H,4-5,7-8H2,(H,16,17). The Balaban J connectivity index is 2.03. The summed E-state index contributed by atoms with van der Waals surface area (Å²) in [6.07, 6.45) is 3.14. The van der Waals surface area contributed by atoms with Crippen LogP contribution in [-0.4, -0.2) is 32.9 Å². The number of pyridine rings is 1. The summed E-state index contributed by atoms with van der Waals surface area (Å²) in [5.74, 6) is -1.41. The molecule has 1 aliphatic rings. The molecule has 0 unspecified atom stereocenters. The molecule has 0 bridgehead atoms. The van der Waals surface area contributed by atoms with E-state index in [0.29, 0.717) is 6.54 Å². The van der Waals surface area contributed by atoms with Crippen LogP contribution in [0.3, 0.4) is 0 Å². The van der Waals surface area contributed by atoms with Crippen molar-refractivity contribution in [1.82, 2.24) is 9.88 Å². The molecule has 0 spiro atoms. The van der Waals surface area contributed by atoms with Gasteiger partial charge in [0.2, 0.25) is 5.91 Å². The number of aliphatic carboxylic acids is 1. The number of carbonyl (C=O) groups excluding carboxylic acids is 1. The van der Waals surface area contributed by atoms with Gasteiger partial charge in [-0.15, -0.1) is 0 Å². The third-order valence-corrected chi connectivity index (χ3v) is 2.67. The van der Waals surface area contributed by atoms with Gasteiger partial charge >= 0.3 is 5.97 Å². The molecule has 1 heterocycles. The molecule has 0 radical (unpaired) electrons. The van der Waals surface area contributed by atoms with E-state index in [1.54, 1.807) is 11.1 Å². The number of nitrogens with zero attached hydrogens (tertiary/aromatic N) is 2. The highest BCUT2D eigenvalue weighted by molar-refractivity contribution is 5.93. The molecule has 0 aliphatic heterocycles. The van der Waals surface area contributed by atoms with Crippen molar-refractivity contribution in [1.29, 1.82) is 0 Å². The Morgan fingerprint density at radius 1 is 1.41 bits per heavy atom. The van der Waals surface area contributed by atoms with Crippen LogP contribution in [0.4, 0.5) is 0 Å². The zero-order valence-corrected chi connectivity index (χ0v) is 9.37. The maximum absolute atomic E-state index is 11.8. The first-order valence-corrected chi connectivity index (χ1v) is 5.58. The van der Waals surface area contributed by atoms with E-state index in [-0.39, 0.29) is 11.9 Å². The van der Waals surface area contributed by atoms with Gasteiger partial charge in [0, 0.05) is 12.2 Å². The Labute approximate surface area is 99.1 Å². The summed E-state index contributed by atoms with van der Waals surface area (Å²) in [7, 11) is 0. The van der Waals surface area contributed by atoms with E-state index in [0.717, 1.165) is 18.5 Å². The van der Waals surface area contributed by atoms with Crippen LogP contribution in [0.25, 0.3) is 0 Å². The van der Waals surface area contributed by atoms with Gasteiger partial charge in [0.25, 0.3) is 0 Å². The first-order chi connectivity index (χ1) is 8.16. The molecule has 90 valence electrons. The normalized spacial score (nSPS) is 14.4. The Morgan fingerprint density at radius 3 is 2.71 bits per heavy atom. The minimum absolute atomic E-state index is 0.198. The molecule has 1 fully saturated rings. The van der Waals surface area contributed by atoms with Crippen molar-refractivity contribution < 1.29 is 14.7 Å². The van der Waals surface area contributed by atoms with Gasteiger partial charge in [-0.2, -0.15) is 0 Å². The highest BCUT2D eigenvalue weighted by Crippen LogP contribution is 2.28. The first kappa shape index (κ1) is 11.6. The molecule has 1 aromatic rings. The summed E-state index contributed by atoms with van der Waals surface area (Å²) in [6.45, 7) is 0.400. The number of amides is 1. The lowest BCUT2D eigenvalue weighted by atomic mass is 10.3. The van der Waals surface area contributed by atoms with E-state index in [1.807, 2.05) is 18.2 Å². The maximum Gasteiger partial charge on any atom is 0.312 e. The quantitative estimate of drug-likeness (QED) is 0.773. The second-order valence-electron chi connectivity index (χ2n) is 4.14. The predicted octanol–water partition coefficient (Wildman–Crippen LogP) is 1.05. The third kappa shape index (κ3) is 3.27. The SMILES string of the molecule is O=C(O)CC(=O)N(Cc1ccccn1)C1CC1. The van der Waals surface area contributed by atoms with Crippen molar-refractivity contribution in [3.05, 3.63) is 30.1 Å². The van der Waals surface area contributed by atoms with E-state index < -0.39 is 12.4 Å². The molecular weight excluding hydrogens is 220 g/mol. The summed E-state index contributed by atoms with van der Waals surface area (Å²) in [5.41, 5.74) is 0.790. The molecule has 1 aliphatic carbocycles.